The average Bonchev–Trinajstić information content (AvgIpc) is 3.39. The van der Waals surface area contributed by atoms with Crippen molar-refractivity contribution in [3.63, 3.8) is 0 Å². The van der Waals surface area contributed by atoms with Crippen LogP contribution >= 0.6 is 12.4 Å². The molecule has 2 heterocycles. The maximum Gasteiger partial charge on any atom is 0.223 e. The molecule has 3 aliphatic rings. The summed E-state index contributed by atoms with van der Waals surface area (Å²) in [4.78, 5) is 12.5. The Bertz CT molecular complexity index is 628. The molecule has 1 aliphatic carbocycles. The van der Waals surface area contributed by atoms with Crippen LogP contribution in [0.25, 0.3) is 0 Å². The van der Waals surface area contributed by atoms with E-state index in [-0.39, 0.29) is 24.2 Å². The summed E-state index contributed by atoms with van der Waals surface area (Å²) >= 11 is 0. The molecule has 0 radical (unpaired) electrons. The number of benzene rings is 1. The second-order valence-electron chi connectivity index (χ2n) is 8.03. The van der Waals surface area contributed by atoms with E-state index < -0.39 is 0 Å². The molecule has 27 heavy (non-hydrogen) atoms. The number of hydrogen-bond donors (Lipinski definition) is 2. The van der Waals surface area contributed by atoms with Gasteiger partial charge in [-0.2, -0.15) is 0 Å². The quantitative estimate of drug-likeness (QED) is 0.778. The van der Waals surface area contributed by atoms with Crippen LogP contribution in [-0.2, 0) is 27.4 Å². The lowest BCUT2D eigenvalue weighted by molar-refractivity contribution is -0.123. The maximum absolute atomic E-state index is 12.5. The van der Waals surface area contributed by atoms with Gasteiger partial charge in [-0.1, -0.05) is 24.3 Å². The van der Waals surface area contributed by atoms with E-state index in [1.807, 2.05) is 0 Å². The summed E-state index contributed by atoms with van der Waals surface area (Å²) in [6, 6.07) is 8.36. The molecular formula is C21H31ClN2O3. The minimum absolute atomic E-state index is 0. The van der Waals surface area contributed by atoms with E-state index in [2.05, 4.69) is 34.9 Å². The van der Waals surface area contributed by atoms with Crippen molar-refractivity contribution >= 4 is 18.3 Å². The number of carbonyl (C=O) groups is 1. The van der Waals surface area contributed by atoms with Crippen LogP contribution in [0.2, 0.25) is 0 Å². The van der Waals surface area contributed by atoms with Crippen LogP contribution in [0.5, 0.6) is 0 Å². The number of ether oxygens (including phenoxy) is 2. The fourth-order valence-electron chi connectivity index (χ4n) is 4.39. The Kier molecular flexibility index (Phi) is 7.15. The molecule has 5 nitrogen and oxygen atoms in total. The highest BCUT2D eigenvalue weighted by Gasteiger charge is 2.57. The largest absolute Gasteiger partial charge is 0.381 e. The number of nitrogens with one attached hydrogen (secondary N) is 2. The zero-order valence-corrected chi connectivity index (χ0v) is 16.7. The summed E-state index contributed by atoms with van der Waals surface area (Å²) in [6.45, 7) is 4.95. The predicted octanol–water partition coefficient (Wildman–Crippen LogP) is 2.81. The molecule has 4 rings (SSSR count). The van der Waals surface area contributed by atoms with Crippen LogP contribution in [-0.4, -0.2) is 38.3 Å². The minimum atomic E-state index is 0. The van der Waals surface area contributed by atoms with Gasteiger partial charge in [-0.3, -0.25) is 4.79 Å². The Morgan fingerprint density at radius 2 is 1.96 bits per heavy atom. The first-order chi connectivity index (χ1) is 12.8. The van der Waals surface area contributed by atoms with Gasteiger partial charge in [0.05, 0.1) is 12.7 Å². The van der Waals surface area contributed by atoms with Gasteiger partial charge in [-0.05, 0) is 61.7 Å². The molecule has 1 saturated carbocycles. The SMILES string of the molecule is Cl.O=C(NCc1cccc(COC2CCOCC2)c1)C1CC12CCNCC2. The van der Waals surface area contributed by atoms with Crippen molar-refractivity contribution in [3.8, 4) is 0 Å². The van der Waals surface area contributed by atoms with Crippen LogP contribution in [0.4, 0.5) is 0 Å². The Morgan fingerprint density at radius 3 is 2.74 bits per heavy atom. The van der Waals surface area contributed by atoms with Gasteiger partial charge >= 0.3 is 0 Å². The highest BCUT2D eigenvalue weighted by Crippen LogP contribution is 2.58. The molecular weight excluding hydrogens is 364 g/mol. The summed E-state index contributed by atoms with van der Waals surface area (Å²) in [7, 11) is 0. The van der Waals surface area contributed by atoms with Gasteiger partial charge in [0.1, 0.15) is 0 Å². The van der Waals surface area contributed by atoms with E-state index in [0.717, 1.165) is 64.0 Å². The number of piperidine rings is 1. The topological polar surface area (TPSA) is 59.6 Å². The molecule has 1 aromatic rings. The lowest BCUT2D eigenvalue weighted by atomic mass is 9.92. The molecule has 2 saturated heterocycles. The van der Waals surface area contributed by atoms with Crippen molar-refractivity contribution in [2.45, 2.75) is 51.4 Å². The molecule has 0 aromatic heterocycles. The predicted molar refractivity (Wildman–Crippen MR) is 107 cm³/mol. The van der Waals surface area contributed by atoms with Crippen LogP contribution in [0.1, 0.15) is 43.2 Å². The van der Waals surface area contributed by atoms with Crippen molar-refractivity contribution < 1.29 is 14.3 Å². The molecule has 1 aromatic carbocycles. The van der Waals surface area contributed by atoms with Crippen molar-refractivity contribution in [1.82, 2.24) is 10.6 Å². The van der Waals surface area contributed by atoms with Crippen molar-refractivity contribution in [2.75, 3.05) is 26.3 Å². The fraction of sp³-hybridized carbons (Fsp3) is 0.667. The highest BCUT2D eigenvalue weighted by atomic mass is 35.5. The Hall–Kier alpha value is -1.14. The lowest BCUT2D eigenvalue weighted by Gasteiger charge is -2.23. The fourth-order valence-corrected chi connectivity index (χ4v) is 4.39. The minimum Gasteiger partial charge on any atom is -0.381 e. The van der Waals surface area contributed by atoms with Gasteiger partial charge in [0.15, 0.2) is 0 Å². The van der Waals surface area contributed by atoms with E-state index in [0.29, 0.717) is 24.7 Å². The lowest BCUT2D eigenvalue weighted by Crippen LogP contribution is -2.33. The first-order valence-electron chi connectivity index (χ1n) is 10.0. The van der Waals surface area contributed by atoms with Crippen molar-refractivity contribution in [3.05, 3.63) is 35.4 Å². The zero-order chi connectivity index (χ0) is 17.8. The molecule has 0 bridgehead atoms. The maximum atomic E-state index is 12.5. The zero-order valence-electron chi connectivity index (χ0n) is 15.9. The summed E-state index contributed by atoms with van der Waals surface area (Å²) in [5.74, 6) is 0.459. The van der Waals surface area contributed by atoms with Gasteiger partial charge < -0.3 is 20.1 Å². The number of carbonyl (C=O) groups excluding carboxylic acids is 1. The monoisotopic (exact) mass is 394 g/mol. The van der Waals surface area contributed by atoms with Crippen LogP contribution < -0.4 is 10.6 Å². The molecule has 1 amide bonds. The highest BCUT2D eigenvalue weighted by molar-refractivity contribution is 5.85. The number of hydrogen-bond acceptors (Lipinski definition) is 4. The van der Waals surface area contributed by atoms with Crippen molar-refractivity contribution in [1.29, 1.82) is 0 Å². The summed E-state index contributed by atoms with van der Waals surface area (Å²) in [6.07, 6.45) is 5.62. The average molecular weight is 395 g/mol. The van der Waals surface area contributed by atoms with E-state index in [4.69, 9.17) is 9.47 Å². The molecule has 3 fully saturated rings. The Labute approximate surface area is 168 Å². The smallest absolute Gasteiger partial charge is 0.223 e. The standard InChI is InChI=1S/C21H30N2O3.ClH/c24-20(19-13-21(19)6-8-22-9-7-21)23-14-16-2-1-3-17(12-16)15-26-18-4-10-25-11-5-18;/h1-3,12,18-19,22H,4-11,13-15H2,(H,23,24);1H. The molecule has 1 unspecified atom stereocenters. The van der Waals surface area contributed by atoms with Gasteiger partial charge in [-0.15, -0.1) is 12.4 Å². The Balaban J connectivity index is 0.00000210. The molecule has 1 spiro atoms. The molecule has 2 N–H and O–H groups in total. The van der Waals surface area contributed by atoms with E-state index in [1.54, 1.807) is 0 Å². The summed E-state index contributed by atoms with van der Waals surface area (Å²) in [5, 5.41) is 6.54. The van der Waals surface area contributed by atoms with Crippen molar-refractivity contribution in [2.24, 2.45) is 11.3 Å². The number of amides is 1. The van der Waals surface area contributed by atoms with Gasteiger partial charge in [-0.25, -0.2) is 0 Å². The third-order valence-electron chi connectivity index (χ3n) is 6.22. The summed E-state index contributed by atoms with van der Waals surface area (Å²) < 4.78 is 11.4. The normalized spacial score (nSPS) is 24.2. The third kappa shape index (κ3) is 5.23. The molecule has 6 heteroatoms. The molecule has 1 atom stereocenters. The van der Waals surface area contributed by atoms with E-state index in [9.17, 15) is 4.79 Å². The second kappa shape index (κ2) is 9.37. The molecule has 150 valence electrons. The first-order valence-corrected chi connectivity index (χ1v) is 10.0. The molecule has 2 aliphatic heterocycles. The van der Waals surface area contributed by atoms with Crippen LogP contribution in [0.15, 0.2) is 24.3 Å². The van der Waals surface area contributed by atoms with E-state index >= 15 is 0 Å². The van der Waals surface area contributed by atoms with Gasteiger partial charge in [0.25, 0.3) is 0 Å². The first kappa shape index (κ1) is 20.6. The van der Waals surface area contributed by atoms with Gasteiger partial charge in [0, 0.05) is 25.7 Å². The number of halogens is 1. The van der Waals surface area contributed by atoms with E-state index in [1.165, 1.54) is 5.56 Å². The van der Waals surface area contributed by atoms with Crippen LogP contribution in [0.3, 0.4) is 0 Å². The summed E-state index contributed by atoms with van der Waals surface area (Å²) in [5.41, 5.74) is 2.62. The Morgan fingerprint density at radius 1 is 1.22 bits per heavy atom. The third-order valence-corrected chi connectivity index (χ3v) is 6.22. The number of rotatable bonds is 6. The second-order valence-corrected chi connectivity index (χ2v) is 8.03. The van der Waals surface area contributed by atoms with Crippen LogP contribution in [0, 0.1) is 11.3 Å². The van der Waals surface area contributed by atoms with Gasteiger partial charge in [0.2, 0.25) is 5.91 Å².